The van der Waals surface area contributed by atoms with Gasteiger partial charge in [0.1, 0.15) is 0 Å². The van der Waals surface area contributed by atoms with Crippen LogP contribution in [0.3, 0.4) is 0 Å². The van der Waals surface area contributed by atoms with Crippen molar-refractivity contribution in [1.29, 1.82) is 0 Å². The van der Waals surface area contributed by atoms with Gasteiger partial charge in [0.2, 0.25) is 11.8 Å². The molecule has 0 aliphatic rings. The van der Waals surface area contributed by atoms with Crippen LogP contribution < -0.4 is 10.1 Å². The summed E-state index contributed by atoms with van der Waals surface area (Å²) < 4.78 is 4.94. The van der Waals surface area contributed by atoms with Gasteiger partial charge < -0.3 is 10.1 Å². The number of amides is 1. The number of nitrogens with one attached hydrogen (secondary N) is 1. The molecule has 0 radical (unpaired) electrons. The fraction of sp³-hybridized carbons (Fsp3) is 0.200. The summed E-state index contributed by atoms with van der Waals surface area (Å²) in [4.78, 5) is 14.8. The summed E-state index contributed by atoms with van der Waals surface area (Å²) in [6, 6.07) is 3.58. The van der Waals surface area contributed by atoms with Crippen molar-refractivity contribution >= 4 is 5.91 Å². The zero-order valence-electron chi connectivity index (χ0n) is 7.99. The van der Waals surface area contributed by atoms with Crippen LogP contribution in [-0.4, -0.2) is 18.0 Å². The highest BCUT2D eigenvalue weighted by Crippen LogP contribution is 2.07. The van der Waals surface area contributed by atoms with E-state index in [2.05, 4.69) is 16.9 Å². The number of hydrogen-bond acceptors (Lipinski definition) is 3. The number of aromatic nitrogens is 1. The van der Waals surface area contributed by atoms with Crippen molar-refractivity contribution in [2.24, 2.45) is 0 Å². The van der Waals surface area contributed by atoms with E-state index < -0.39 is 0 Å². The molecule has 0 bridgehead atoms. The van der Waals surface area contributed by atoms with Crippen LogP contribution in [0.1, 0.15) is 5.56 Å². The molecule has 14 heavy (non-hydrogen) atoms. The summed E-state index contributed by atoms with van der Waals surface area (Å²) in [7, 11) is 1.55. The minimum Gasteiger partial charge on any atom is -0.481 e. The zero-order chi connectivity index (χ0) is 10.4. The highest BCUT2D eigenvalue weighted by Gasteiger charge is 1.98. The van der Waals surface area contributed by atoms with Crippen molar-refractivity contribution in [3.8, 4) is 5.88 Å². The lowest BCUT2D eigenvalue weighted by molar-refractivity contribution is -0.116. The monoisotopic (exact) mass is 192 g/mol. The van der Waals surface area contributed by atoms with Crippen LogP contribution >= 0.6 is 0 Å². The molecule has 0 aromatic carbocycles. The third-order valence-corrected chi connectivity index (χ3v) is 1.66. The van der Waals surface area contributed by atoms with E-state index in [0.29, 0.717) is 12.4 Å². The number of hydrogen-bond donors (Lipinski definition) is 1. The Hall–Kier alpha value is -1.84. The number of methoxy groups -OCH3 is 1. The average Bonchev–Trinajstić information content (AvgIpc) is 2.26. The van der Waals surface area contributed by atoms with Gasteiger partial charge >= 0.3 is 0 Å². The van der Waals surface area contributed by atoms with Gasteiger partial charge in [0.05, 0.1) is 7.11 Å². The number of pyridine rings is 1. The molecule has 0 aliphatic carbocycles. The molecule has 0 atom stereocenters. The molecule has 0 fully saturated rings. The lowest BCUT2D eigenvalue weighted by atomic mass is 10.2. The first-order valence-corrected chi connectivity index (χ1v) is 4.15. The van der Waals surface area contributed by atoms with Gasteiger partial charge in [-0.1, -0.05) is 6.58 Å². The van der Waals surface area contributed by atoms with E-state index >= 15 is 0 Å². The van der Waals surface area contributed by atoms with E-state index in [1.165, 1.54) is 6.08 Å². The smallest absolute Gasteiger partial charge is 0.243 e. The summed E-state index contributed by atoms with van der Waals surface area (Å²) in [6.45, 7) is 3.81. The summed E-state index contributed by atoms with van der Waals surface area (Å²) >= 11 is 0. The molecule has 0 unspecified atom stereocenters. The van der Waals surface area contributed by atoms with Gasteiger partial charge in [-0.2, -0.15) is 0 Å². The average molecular weight is 192 g/mol. The minimum absolute atomic E-state index is 0.194. The summed E-state index contributed by atoms with van der Waals surface area (Å²) in [5, 5.41) is 2.66. The van der Waals surface area contributed by atoms with Crippen molar-refractivity contribution < 1.29 is 9.53 Å². The van der Waals surface area contributed by atoms with E-state index in [4.69, 9.17) is 4.74 Å². The number of carbonyl (C=O) groups excluding carboxylic acids is 1. The van der Waals surface area contributed by atoms with Crippen LogP contribution in [0.15, 0.2) is 31.0 Å². The molecule has 0 spiro atoms. The molecule has 0 aliphatic heterocycles. The second-order valence-electron chi connectivity index (χ2n) is 2.63. The van der Waals surface area contributed by atoms with E-state index in [1.807, 2.05) is 6.07 Å². The SMILES string of the molecule is C=CC(=O)NCc1ccnc(OC)c1. The normalized spacial score (nSPS) is 9.21. The first-order chi connectivity index (χ1) is 6.76. The van der Waals surface area contributed by atoms with Crippen molar-refractivity contribution in [2.45, 2.75) is 6.54 Å². The van der Waals surface area contributed by atoms with E-state index in [1.54, 1.807) is 19.4 Å². The second-order valence-corrected chi connectivity index (χ2v) is 2.63. The molecule has 1 N–H and O–H groups in total. The fourth-order valence-corrected chi connectivity index (χ4v) is 0.933. The molecule has 4 nitrogen and oxygen atoms in total. The van der Waals surface area contributed by atoms with Crippen LogP contribution in [0, 0.1) is 0 Å². The van der Waals surface area contributed by atoms with Crippen molar-refractivity contribution in [3.05, 3.63) is 36.5 Å². The Kier molecular flexibility index (Phi) is 3.67. The van der Waals surface area contributed by atoms with E-state index in [0.717, 1.165) is 5.56 Å². The van der Waals surface area contributed by atoms with Gasteiger partial charge in [-0.25, -0.2) is 4.98 Å². The Labute approximate surface area is 82.6 Å². The van der Waals surface area contributed by atoms with E-state index in [9.17, 15) is 4.79 Å². The fourth-order valence-electron chi connectivity index (χ4n) is 0.933. The summed E-state index contributed by atoms with van der Waals surface area (Å²) in [5.74, 6) is 0.344. The molecule has 74 valence electrons. The minimum atomic E-state index is -0.194. The Morgan fingerprint density at radius 2 is 2.57 bits per heavy atom. The van der Waals surface area contributed by atoms with Gasteiger partial charge in [0.25, 0.3) is 0 Å². The van der Waals surface area contributed by atoms with Gasteiger partial charge in [-0.3, -0.25) is 4.79 Å². The lowest BCUT2D eigenvalue weighted by Gasteiger charge is -2.03. The maximum Gasteiger partial charge on any atom is 0.243 e. The Balaban J connectivity index is 2.58. The number of ether oxygens (including phenoxy) is 1. The van der Waals surface area contributed by atoms with Gasteiger partial charge in [-0.05, 0) is 17.7 Å². The molecule has 1 aromatic heterocycles. The second kappa shape index (κ2) is 5.01. The van der Waals surface area contributed by atoms with E-state index in [-0.39, 0.29) is 5.91 Å². The van der Waals surface area contributed by atoms with Gasteiger partial charge in [0, 0.05) is 18.8 Å². The van der Waals surface area contributed by atoms with Gasteiger partial charge in [0.15, 0.2) is 0 Å². The quantitative estimate of drug-likeness (QED) is 0.721. The third kappa shape index (κ3) is 2.90. The Morgan fingerprint density at radius 3 is 3.21 bits per heavy atom. The number of carbonyl (C=O) groups is 1. The topological polar surface area (TPSA) is 51.2 Å². The molecule has 1 aromatic rings. The molecular formula is C10H12N2O2. The number of rotatable bonds is 4. The van der Waals surface area contributed by atoms with Gasteiger partial charge in [-0.15, -0.1) is 0 Å². The first-order valence-electron chi connectivity index (χ1n) is 4.15. The zero-order valence-corrected chi connectivity index (χ0v) is 7.99. The Morgan fingerprint density at radius 1 is 1.79 bits per heavy atom. The highest BCUT2D eigenvalue weighted by molar-refractivity contribution is 5.86. The lowest BCUT2D eigenvalue weighted by Crippen LogP contribution is -2.19. The first kappa shape index (κ1) is 10.2. The van der Waals surface area contributed by atoms with Crippen molar-refractivity contribution in [1.82, 2.24) is 10.3 Å². The maximum absolute atomic E-state index is 10.9. The predicted octanol–water partition coefficient (Wildman–Crippen LogP) is 0.892. The maximum atomic E-state index is 10.9. The molecule has 1 amide bonds. The molecule has 0 saturated carbocycles. The Bertz CT molecular complexity index is 337. The molecule has 1 rings (SSSR count). The van der Waals surface area contributed by atoms with Crippen molar-refractivity contribution in [2.75, 3.05) is 7.11 Å². The summed E-state index contributed by atoms with van der Waals surface area (Å²) in [6.07, 6.45) is 2.87. The summed E-state index contributed by atoms with van der Waals surface area (Å²) in [5.41, 5.74) is 0.937. The van der Waals surface area contributed by atoms with Crippen molar-refractivity contribution in [3.63, 3.8) is 0 Å². The molecule has 1 heterocycles. The highest BCUT2D eigenvalue weighted by atomic mass is 16.5. The standard InChI is InChI=1S/C10H12N2O2/c1-3-9(13)12-7-8-4-5-11-10(6-8)14-2/h3-6H,1,7H2,2H3,(H,12,13). The third-order valence-electron chi connectivity index (χ3n) is 1.66. The molecule has 0 saturated heterocycles. The van der Waals surface area contributed by atoms with Crippen LogP contribution in [-0.2, 0) is 11.3 Å². The van der Waals surface area contributed by atoms with Crippen LogP contribution in [0.4, 0.5) is 0 Å². The van der Waals surface area contributed by atoms with Crippen LogP contribution in [0.2, 0.25) is 0 Å². The number of nitrogens with zero attached hydrogens (tertiary/aromatic N) is 1. The van der Waals surface area contributed by atoms with Crippen LogP contribution in [0.5, 0.6) is 5.88 Å². The predicted molar refractivity (Wildman–Crippen MR) is 52.8 cm³/mol. The largest absolute Gasteiger partial charge is 0.481 e. The molecular weight excluding hydrogens is 180 g/mol. The van der Waals surface area contributed by atoms with Crippen LogP contribution in [0.25, 0.3) is 0 Å². The molecule has 4 heteroatoms.